The molecule has 34 heavy (non-hydrogen) atoms. The summed E-state index contributed by atoms with van der Waals surface area (Å²) in [6, 6.07) is 34.7. The maximum Gasteiger partial charge on any atom is 0.343 e. The molecule has 0 amide bonds. The van der Waals surface area contributed by atoms with Gasteiger partial charge in [0.1, 0.15) is 29.6 Å². The highest BCUT2D eigenvalue weighted by molar-refractivity contribution is 6.05. The van der Waals surface area contributed by atoms with E-state index in [2.05, 4.69) is 0 Å². The number of esters is 1. The summed E-state index contributed by atoms with van der Waals surface area (Å²) >= 11 is 0. The fraction of sp³-hybridized carbons (Fsp3) is 0.0333. The predicted octanol–water partition coefficient (Wildman–Crippen LogP) is 7.04. The lowest BCUT2D eigenvalue weighted by Gasteiger charge is -2.07. The Labute approximate surface area is 198 Å². The average molecular weight is 447 g/mol. The minimum atomic E-state index is -0.371. The number of para-hydroxylation sites is 1. The summed E-state index contributed by atoms with van der Waals surface area (Å²) in [6.45, 7) is 0.509. The number of hydrogen-bond acceptors (Lipinski definition) is 4. The molecule has 0 fully saturated rings. The Balaban J connectivity index is 1.24. The second-order valence-electron chi connectivity index (χ2n) is 7.78. The van der Waals surface area contributed by atoms with Gasteiger partial charge >= 0.3 is 5.97 Å². The van der Waals surface area contributed by atoms with Crippen LogP contribution in [-0.4, -0.2) is 5.97 Å². The zero-order valence-electron chi connectivity index (χ0n) is 18.4. The minimum Gasteiger partial charge on any atom is -0.489 e. The molecule has 0 spiro atoms. The monoisotopic (exact) mass is 446 g/mol. The molecule has 1 heterocycles. The highest BCUT2D eigenvalue weighted by Gasteiger charge is 2.22. The lowest BCUT2D eigenvalue weighted by atomic mass is 10.1. The highest BCUT2D eigenvalue weighted by Crippen LogP contribution is 2.30. The lowest BCUT2D eigenvalue weighted by molar-refractivity contribution is -0.130. The Morgan fingerprint density at radius 1 is 0.676 bits per heavy atom. The number of ether oxygens (including phenoxy) is 3. The van der Waals surface area contributed by atoms with Crippen LogP contribution in [0.5, 0.6) is 17.2 Å². The first-order chi connectivity index (χ1) is 16.7. The van der Waals surface area contributed by atoms with E-state index in [4.69, 9.17) is 14.2 Å². The SMILES string of the molecule is O=C1OC(c2ccc(Oc3ccccc3)cc2)=C/C1=C\c1ccc(OCc2ccccc2)cc1. The van der Waals surface area contributed by atoms with Crippen molar-refractivity contribution < 1.29 is 19.0 Å². The van der Waals surface area contributed by atoms with Gasteiger partial charge in [-0.1, -0.05) is 60.7 Å². The van der Waals surface area contributed by atoms with Gasteiger partial charge in [-0.15, -0.1) is 0 Å². The number of hydrogen-bond donors (Lipinski definition) is 0. The Morgan fingerprint density at radius 2 is 1.29 bits per heavy atom. The molecule has 4 aromatic rings. The fourth-order valence-electron chi connectivity index (χ4n) is 3.52. The van der Waals surface area contributed by atoms with Gasteiger partial charge in [0.15, 0.2) is 0 Å². The molecule has 4 aromatic carbocycles. The predicted molar refractivity (Wildman–Crippen MR) is 132 cm³/mol. The van der Waals surface area contributed by atoms with E-state index < -0.39 is 0 Å². The van der Waals surface area contributed by atoms with E-state index >= 15 is 0 Å². The third-order valence-electron chi connectivity index (χ3n) is 5.29. The summed E-state index contributed by atoms with van der Waals surface area (Å²) in [5.41, 5.74) is 3.31. The number of cyclic esters (lactones) is 1. The normalized spacial score (nSPS) is 13.9. The van der Waals surface area contributed by atoms with E-state index in [1.807, 2.05) is 115 Å². The molecule has 0 unspecified atom stereocenters. The van der Waals surface area contributed by atoms with Crippen molar-refractivity contribution in [2.45, 2.75) is 6.61 Å². The highest BCUT2D eigenvalue weighted by atomic mass is 16.5. The summed E-state index contributed by atoms with van der Waals surface area (Å²) in [7, 11) is 0. The molecule has 0 aliphatic carbocycles. The van der Waals surface area contributed by atoms with Crippen molar-refractivity contribution in [1.29, 1.82) is 0 Å². The minimum absolute atomic E-state index is 0.371. The van der Waals surface area contributed by atoms with Gasteiger partial charge in [-0.25, -0.2) is 4.79 Å². The fourth-order valence-corrected chi connectivity index (χ4v) is 3.52. The van der Waals surface area contributed by atoms with Crippen LogP contribution >= 0.6 is 0 Å². The van der Waals surface area contributed by atoms with Crippen LogP contribution in [0.4, 0.5) is 0 Å². The molecule has 4 heteroatoms. The zero-order chi connectivity index (χ0) is 23.2. The number of benzene rings is 4. The molecule has 5 rings (SSSR count). The Bertz CT molecular complexity index is 1320. The molecule has 0 bridgehead atoms. The van der Waals surface area contributed by atoms with Gasteiger partial charge in [-0.05, 0) is 71.8 Å². The Morgan fingerprint density at radius 3 is 2.00 bits per heavy atom. The van der Waals surface area contributed by atoms with Crippen LogP contribution in [0.3, 0.4) is 0 Å². The van der Waals surface area contributed by atoms with Crippen molar-refractivity contribution in [3.05, 3.63) is 138 Å². The second-order valence-corrected chi connectivity index (χ2v) is 7.78. The molecule has 0 radical (unpaired) electrons. The van der Waals surface area contributed by atoms with Gasteiger partial charge in [0, 0.05) is 5.56 Å². The maximum absolute atomic E-state index is 12.4. The summed E-state index contributed by atoms with van der Waals surface area (Å²) in [6.07, 6.45) is 3.57. The second kappa shape index (κ2) is 9.92. The van der Waals surface area contributed by atoms with Crippen molar-refractivity contribution in [2.24, 2.45) is 0 Å². The molecule has 166 valence electrons. The molecule has 0 atom stereocenters. The van der Waals surface area contributed by atoms with Crippen molar-refractivity contribution in [3.63, 3.8) is 0 Å². The van der Waals surface area contributed by atoms with Crippen molar-refractivity contribution >= 4 is 17.8 Å². The van der Waals surface area contributed by atoms with Crippen molar-refractivity contribution in [2.75, 3.05) is 0 Å². The first-order valence-corrected chi connectivity index (χ1v) is 11.0. The smallest absolute Gasteiger partial charge is 0.343 e. The van der Waals surface area contributed by atoms with Gasteiger partial charge in [-0.2, -0.15) is 0 Å². The molecular weight excluding hydrogens is 424 g/mol. The van der Waals surface area contributed by atoms with E-state index in [9.17, 15) is 4.79 Å². The van der Waals surface area contributed by atoms with Crippen LogP contribution in [0.2, 0.25) is 0 Å². The zero-order valence-corrected chi connectivity index (χ0v) is 18.4. The molecule has 0 saturated heterocycles. The van der Waals surface area contributed by atoms with Crippen LogP contribution in [0.25, 0.3) is 11.8 Å². The number of rotatable bonds is 7. The lowest BCUT2D eigenvalue weighted by Crippen LogP contribution is -1.97. The van der Waals surface area contributed by atoms with Crippen molar-refractivity contribution in [3.8, 4) is 17.2 Å². The molecule has 0 N–H and O–H groups in total. The molecule has 1 aliphatic rings. The number of carbonyl (C=O) groups excluding carboxylic acids is 1. The molecule has 1 aliphatic heterocycles. The van der Waals surface area contributed by atoms with Crippen LogP contribution in [0.15, 0.2) is 121 Å². The topological polar surface area (TPSA) is 44.8 Å². The summed E-state index contributed by atoms with van der Waals surface area (Å²) in [4.78, 5) is 12.4. The third kappa shape index (κ3) is 5.25. The van der Waals surface area contributed by atoms with E-state index in [-0.39, 0.29) is 5.97 Å². The summed E-state index contributed by atoms with van der Waals surface area (Å²) in [5, 5.41) is 0. The third-order valence-corrected chi connectivity index (χ3v) is 5.29. The van der Waals surface area contributed by atoms with Crippen LogP contribution in [-0.2, 0) is 16.1 Å². The van der Waals surface area contributed by atoms with Gasteiger partial charge in [0.2, 0.25) is 0 Å². The standard InChI is InChI=1S/C30H22O4/c31-30-25(19-22-11-15-26(16-12-22)32-21-23-7-3-1-4-8-23)20-29(34-30)24-13-17-28(18-14-24)33-27-9-5-2-6-10-27/h1-20H,21H2/b25-19+. The first kappa shape index (κ1) is 21.3. The van der Waals surface area contributed by atoms with Crippen molar-refractivity contribution in [1.82, 2.24) is 0 Å². The summed E-state index contributed by atoms with van der Waals surface area (Å²) < 4.78 is 17.1. The van der Waals surface area contributed by atoms with Gasteiger partial charge in [0.25, 0.3) is 0 Å². The Kier molecular flexibility index (Phi) is 6.21. The van der Waals surface area contributed by atoms with Gasteiger partial charge in [-0.3, -0.25) is 0 Å². The van der Waals surface area contributed by atoms with Gasteiger partial charge in [0.05, 0.1) is 5.57 Å². The maximum atomic E-state index is 12.4. The first-order valence-electron chi connectivity index (χ1n) is 11.0. The van der Waals surface area contributed by atoms with E-state index in [0.717, 1.165) is 28.2 Å². The Hall–Kier alpha value is -4.57. The molecule has 4 nitrogen and oxygen atoms in total. The molecular formula is C30H22O4. The average Bonchev–Trinajstić information content (AvgIpc) is 3.25. The van der Waals surface area contributed by atoms with Gasteiger partial charge < -0.3 is 14.2 Å². The number of carbonyl (C=O) groups is 1. The largest absolute Gasteiger partial charge is 0.489 e. The van der Waals surface area contributed by atoms with E-state index in [0.29, 0.717) is 23.7 Å². The summed E-state index contributed by atoms with van der Waals surface area (Å²) in [5.74, 6) is 2.40. The molecule has 0 saturated carbocycles. The van der Waals surface area contributed by atoms with Crippen LogP contribution in [0, 0.1) is 0 Å². The van der Waals surface area contributed by atoms with E-state index in [1.165, 1.54) is 0 Å². The molecule has 0 aromatic heterocycles. The van der Waals surface area contributed by atoms with E-state index in [1.54, 1.807) is 6.08 Å². The quantitative estimate of drug-likeness (QED) is 0.226. The van der Waals surface area contributed by atoms with Crippen LogP contribution in [0.1, 0.15) is 16.7 Å². The van der Waals surface area contributed by atoms with Crippen LogP contribution < -0.4 is 9.47 Å².